The Morgan fingerprint density at radius 1 is 1.15 bits per heavy atom. The molecule has 2 rings (SSSR count). The molecule has 0 aliphatic carbocycles. The van der Waals surface area contributed by atoms with Crippen molar-refractivity contribution in [1.29, 1.82) is 0 Å². The predicted octanol–water partition coefficient (Wildman–Crippen LogP) is 3.90. The highest BCUT2D eigenvalue weighted by Crippen LogP contribution is 2.26. The molecule has 0 saturated carbocycles. The van der Waals surface area contributed by atoms with E-state index in [2.05, 4.69) is 5.32 Å². The second-order valence-corrected chi connectivity index (χ2v) is 5.95. The van der Waals surface area contributed by atoms with Crippen molar-refractivity contribution in [1.82, 2.24) is 0 Å². The lowest BCUT2D eigenvalue weighted by atomic mass is 10.2. The minimum atomic E-state index is -0.698. The maximum Gasteiger partial charge on any atom is 0.331 e. The lowest BCUT2D eigenvalue weighted by Gasteiger charge is -2.06. The van der Waals surface area contributed by atoms with Crippen LogP contribution in [0.2, 0.25) is 10.0 Å². The molecule has 0 aliphatic heterocycles. The zero-order valence-corrected chi connectivity index (χ0v) is 15.2. The summed E-state index contributed by atoms with van der Waals surface area (Å²) >= 11 is 11.7. The molecule has 2 aromatic carbocycles. The van der Waals surface area contributed by atoms with Crippen molar-refractivity contribution in [3.8, 4) is 11.5 Å². The highest BCUT2D eigenvalue weighted by atomic mass is 35.5. The molecule has 0 fully saturated rings. The summed E-state index contributed by atoms with van der Waals surface area (Å²) in [6, 6.07) is 9.15. The third kappa shape index (κ3) is 5.98. The molecule has 0 spiro atoms. The molecule has 0 saturated heterocycles. The number of aromatic hydroxyl groups is 1. The molecule has 0 heterocycles. The van der Waals surface area contributed by atoms with E-state index in [1.807, 2.05) is 0 Å². The Balaban J connectivity index is 1.87. The van der Waals surface area contributed by atoms with E-state index < -0.39 is 18.5 Å². The van der Waals surface area contributed by atoms with Crippen molar-refractivity contribution in [3.63, 3.8) is 0 Å². The van der Waals surface area contributed by atoms with Crippen molar-refractivity contribution in [2.24, 2.45) is 0 Å². The first kappa shape index (κ1) is 19.6. The van der Waals surface area contributed by atoms with Crippen LogP contribution in [0, 0.1) is 0 Å². The fourth-order valence-corrected chi connectivity index (χ4v) is 2.50. The van der Waals surface area contributed by atoms with Crippen LogP contribution >= 0.6 is 23.2 Å². The van der Waals surface area contributed by atoms with Crippen LogP contribution in [0.3, 0.4) is 0 Å². The van der Waals surface area contributed by atoms with Crippen molar-refractivity contribution >= 4 is 46.8 Å². The molecule has 2 aromatic rings. The molecule has 0 aliphatic rings. The summed E-state index contributed by atoms with van der Waals surface area (Å²) < 4.78 is 9.83. The van der Waals surface area contributed by atoms with Crippen LogP contribution in [-0.2, 0) is 14.3 Å². The van der Waals surface area contributed by atoms with E-state index in [9.17, 15) is 14.7 Å². The summed E-state index contributed by atoms with van der Waals surface area (Å²) in [6.07, 6.45) is 2.63. The van der Waals surface area contributed by atoms with Gasteiger partial charge in [0.2, 0.25) is 0 Å². The SMILES string of the molecule is COc1cc(C=CC(=O)OCC(=O)Nc2cc(Cl)cc(Cl)c2)ccc1O. The summed E-state index contributed by atoms with van der Waals surface area (Å²) in [6.45, 7) is -0.466. The molecule has 1 amide bonds. The number of halogens is 2. The lowest BCUT2D eigenvalue weighted by Crippen LogP contribution is -2.20. The summed E-state index contributed by atoms with van der Waals surface area (Å²) in [7, 11) is 1.42. The van der Waals surface area contributed by atoms with Crippen LogP contribution in [0.5, 0.6) is 11.5 Å². The number of hydrogen-bond acceptors (Lipinski definition) is 5. The molecule has 0 radical (unpaired) electrons. The van der Waals surface area contributed by atoms with Gasteiger partial charge < -0.3 is 19.9 Å². The zero-order chi connectivity index (χ0) is 19.1. The Morgan fingerprint density at radius 3 is 2.50 bits per heavy atom. The van der Waals surface area contributed by atoms with E-state index in [1.54, 1.807) is 12.1 Å². The van der Waals surface area contributed by atoms with Crippen LogP contribution in [0.4, 0.5) is 5.69 Å². The molecule has 2 N–H and O–H groups in total. The monoisotopic (exact) mass is 395 g/mol. The Hall–Kier alpha value is -2.70. The molecule has 0 aromatic heterocycles. The second-order valence-electron chi connectivity index (χ2n) is 5.08. The maximum absolute atomic E-state index is 11.8. The first-order valence-electron chi connectivity index (χ1n) is 7.35. The Labute approximate surface area is 159 Å². The van der Waals surface area contributed by atoms with Crippen LogP contribution in [0.15, 0.2) is 42.5 Å². The van der Waals surface area contributed by atoms with Crippen molar-refractivity contribution in [3.05, 3.63) is 58.1 Å². The number of esters is 1. The van der Waals surface area contributed by atoms with Gasteiger partial charge >= 0.3 is 5.97 Å². The first-order valence-corrected chi connectivity index (χ1v) is 8.11. The molecule has 8 heteroatoms. The van der Waals surface area contributed by atoms with E-state index in [4.69, 9.17) is 32.7 Å². The molecular formula is C18H15Cl2NO5. The number of rotatable bonds is 6. The van der Waals surface area contributed by atoms with E-state index >= 15 is 0 Å². The minimum absolute atomic E-state index is 0.00924. The number of nitrogens with one attached hydrogen (secondary N) is 1. The Bertz CT molecular complexity index is 831. The standard InChI is InChI=1S/C18H15Cl2NO5/c1-25-16-6-11(2-4-15(16)22)3-5-18(24)26-10-17(23)21-14-8-12(19)7-13(20)9-14/h2-9,22H,10H2,1H3,(H,21,23). The second kappa shape index (κ2) is 9.12. The maximum atomic E-state index is 11.8. The smallest absolute Gasteiger partial charge is 0.331 e. The van der Waals surface area contributed by atoms with Crippen LogP contribution in [0.1, 0.15) is 5.56 Å². The van der Waals surface area contributed by atoms with Crippen molar-refractivity contribution in [2.75, 3.05) is 19.0 Å². The number of anilines is 1. The number of carbonyl (C=O) groups is 2. The van der Waals surface area contributed by atoms with E-state index in [1.165, 1.54) is 37.5 Å². The normalized spacial score (nSPS) is 10.6. The van der Waals surface area contributed by atoms with Crippen molar-refractivity contribution < 1.29 is 24.2 Å². The highest BCUT2D eigenvalue weighted by Gasteiger charge is 2.07. The van der Waals surface area contributed by atoms with Gasteiger partial charge in [-0.05, 0) is 42.0 Å². The number of phenolic OH excluding ortho intramolecular Hbond substituents is 1. The molecule has 26 heavy (non-hydrogen) atoms. The topological polar surface area (TPSA) is 84.9 Å². The Kier molecular flexibility index (Phi) is 6.89. The van der Waals surface area contributed by atoms with Crippen molar-refractivity contribution in [2.45, 2.75) is 0 Å². The molecule has 136 valence electrons. The van der Waals surface area contributed by atoms with Crippen LogP contribution < -0.4 is 10.1 Å². The Morgan fingerprint density at radius 2 is 1.85 bits per heavy atom. The zero-order valence-electron chi connectivity index (χ0n) is 13.7. The quantitative estimate of drug-likeness (QED) is 0.572. The van der Waals surface area contributed by atoms with E-state index in [-0.39, 0.29) is 11.5 Å². The predicted molar refractivity (Wildman–Crippen MR) is 99.7 cm³/mol. The average molecular weight is 396 g/mol. The minimum Gasteiger partial charge on any atom is -0.504 e. The van der Waals surface area contributed by atoms with Crippen LogP contribution in [0.25, 0.3) is 6.08 Å². The third-order valence-electron chi connectivity index (χ3n) is 3.11. The van der Waals surface area contributed by atoms with Gasteiger partial charge in [-0.15, -0.1) is 0 Å². The number of amides is 1. The van der Waals surface area contributed by atoms with Gasteiger partial charge in [0.1, 0.15) is 0 Å². The first-order chi connectivity index (χ1) is 12.4. The van der Waals surface area contributed by atoms with Gasteiger partial charge in [-0.1, -0.05) is 29.3 Å². The summed E-state index contributed by atoms with van der Waals surface area (Å²) in [5, 5.41) is 12.8. The van der Waals surface area contributed by atoms with Gasteiger partial charge in [0.25, 0.3) is 5.91 Å². The molecule has 0 unspecified atom stereocenters. The summed E-state index contributed by atoms with van der Waals surface area (Å²) in [5.74, 6) is -0.960. The van der Waals surface area contributed by atoms with Gasteiger partial charge in [0.15, 0.2) is 18.1 Å². The van der Waals surface area contributed by atoms with Gasteiger partial charge in [0, 0.05) is 21.8 Å². The van der Waals surface area contributed by atoms with E-state index in [0.717, 1.165) is 6.08 Å². The number of hydrogen-bond donors (Lipinski definition) is 2. The van der Waals surface area contributed by atoms with Gasteiger partial charge in [-0.25, -0.2) is 4.79 Å². The molecule has 6 nitrogen and oxygen atoms in total. The number of phenols is 1. The third-order valence-corrected chi connectivity index (χ3v) is 3.54. The van der Waals surface area contributed by atoms with Gasteiger partial charge in [-0.2, -0.15) is 0 Å². The number of benzene rings is 2. The van der Waals surface area contributed by atoms with Gasteiger partial charge in [-0.3, -0.25) is 4.79 Å². The lowest BCUT2D eigenvalue weighted by molar-refractivity contribution is -0.142. The van der Waals surface area contributed by atoms with E-state index in [0.29, 0.717) is 21.3 Å². The summed E-state index contributed by atoms with van der Waals surface area (Å²) in [4.78, 5) is 23.5. The largest absolute Gasteiger partial charge is 0.504 e. The van der Waals surface area contributed by atoms with Gasteiger partial charge in [0.05, 0.1) is 7.11 Å². The molecule has 0 atom stereocenters. The average Bonchev–Trinajstić information content (AvgIpc) is 2.58. The number of ether oxygens (including phenoxy) is 2. The summed E-state index contributed by atoms with van der Waals surface area (Å²) in [5.41, 5.74) is 1.02. The fraction of sp³-hybridized carbons (Fsp3) is 0.111. The molecule has 0 bridgehead atoms. The van der Waals surface area contributed by atoms with Crippen LogP contribution in [-0.4, -0.2) is 30.7 Å². The highest BCUT2D eigenvalue weighted by molar-refractivity contribution is 6.35. The number of methoxy groups -OCH3 is 1. The number of carbonyl (C=O) groups excluding carboxylic acids is 2. The fourth-order valence-electron chi connectivity index (χ4n) is 1.97. The molecular weight excluding hydrogens is 381 g/mol.